The Hall–Kier alpha value is -4.10. The van der Waals surface area contributed by atoms with Crippen molar-refractivity contribution in [1.82, 2.24) is 30.0 Å². The largest absolute Gasteiger partial charge is 0.370 e. The monoisotopic (exact) mass is 659 g/mol. The molecule has 3 fully saturated rings. The third kappa shape index (κ3) is 7.46. The highest BCUT2D eigenvalue weighted by Crippen LogP contribution is 2.30. The molecule has 2 aromatic heterocycles. The van der Waals surface area contributed by atoms with Crippen LogP contribution < -0.4 is 20.4 Å². The summed E-state index contributed by atoms with van der Waals surface area (Å²) in [7, 11) is 1.55. The number of carbonyl (C=O) groups is 4. The molecule has 0 bridgehead atoms. The van der Waals surface area contributed by atoms with Crippen molar-refractivity contribution in [2.45, 2.75) is 70.1 Å². The Labute approximate surface area is 283 Å². The molecule has 3 saturated heterocycles. The van der Waals surface area contributed by atoms with Crippen LogP contribution in [0.2, 0.25) is 0 Å². The number of aromatic nitrogens is 2. The summed E-state index contributed by atoms with van der Waals surface area (Å²) >= 11 is 0. The number of hydrogen-bond donors (Lipinski definition) is 2. The summed E-state index contributed by atoms with van der Waals surface area (Å²) in [4.78, 5) is 68.2. The first-order chi connectivity index (χ1) is 23.4. The van der Waals surface area contributed by atoms with E-state index in [9.17, 15) is 19.2 Å². The molecule has 2 N–H and O–H groups in total. The van der Waals surface area contributed by atoms with E-state index >= 15 is 0 Å². The molecule has 0 saturated carbocycles. The van der Waals surface area contributed by atoms with Gasteiger partial charge in [0, 0.05) is 77.9 Å². The minimum absolute atomic E-state index is 0.199. The van der Waals surface area contributed by atoms with E-state index in [1.54, 1.807) is 11.9 Å². The molecule has 2 aromatic rings. The summed E-state index contributed by atoms with van der Waals surface area (Å²) in [5.41, 5.74) is 2.36. The van der Waals surface area contributed by atoms with Gasteiger partial charge in [0.1, 0.15) is 24.0 Å². The van der Waals surface area contributed by atoms with Crippen molar-refractivity contribution < 1.29 is 19.2 Å². The number of rotatable bonds is 12. The standard InChI is InChI=1S/C35H49N9O4/c1-25-21-43(18-17-42(25)22-26-9-13-40(14-10-26)28-5-7-32(37-20-28)38-24-46)27-11-15-41(16-12-27)33-8-6-29-30(39-33)23-44(35(29)48)31(4-3-19-45)34(47)36-2/h5-8,19-20,24-27,31H,3-4,9-18,21-23H2,1-2H3,(H,36,47)(H,37,38,46). The lowest BCUT2D eigenvalue weighted by molar-refractivity contribution is -0.125. The summed E-state index contributed by atoms with van der Waals surface area (Å²) in [6, 6.07) is 8.08. The zero-order chi connectivity index (χ0) is 33.6. The number of fused-ring (bicyclic) bond motifs is 1. The molecule has 13 heteroatoms. The van der Waals surface area contributed by atoms with Crippen molar-refractivity contribution in [3.8, 4) is 0 Å². The van der Waals surface area contributed by atoms with Crippen LogP contribution in [0.1, 0.15) is 61.5 Å². The molecule has 0 spiro atoms. The van der Waals surface area contributed by atoms with E-state index in [1.807, 2.05) is 30.5 Å². The molecule has 6 rings (SSSR count). The number of hydrogen-bond acceptors (Lipinski definition) is 10. The van der Waals surface area contributed by atoms with Gasteiger partial charge in [-0.15, -0.1) is 0 Å². The molecule has 2 atom stereocenters. The maximum atomic E-state index is 13.2. The second-order valence-electron chi connectivity index (χ2n) is 13.6. The number of carbonyl (C=O) groups excluding carboxylic acids is 4. The zero-order valence-electron chi connectivity index (χ0n) is 28.2. The molecule has 2 unspecified atom stereocenters. The molecule has 258 valence electrons. The van der Waals surface area contributed by atoms with Crippen molar-refractivity contribution in [2.75, 3.05) is 74.5 Å². The summed E-state index contributed by atoms with van der Waals surface area (Å²) in [6.45, 7) is 11.0. The molecule has 4 aliphatic heterocycles. The summed E-state index contributed by atoms with van der Waals surface area (Å²) in [5, 5.41) is 5.23. The summed E-state index contributed by atoms with van der Waals surface area (Å²) < 4.78 is 0. The Morgan fingerprint density at radius 1 is 1.00 bits per heavy atom. The summed E-state index contributed by atoms with van der Waals surface area (Å²) in [6.07, 6.45) is 8.33. The van der Waals surface area contributed by atoms with Crippen molar-refractivity contribution in [3.63, 3.8) is 0 Å². The number of pyridine rings is 2. The second kappa shape index (κ2) is 15.4. The lowest BCUT2D eigenvalue weighted by Crippen LogP contribution is -2.57. The second-order valence-corrected chi connectivity index (χ2v) is 13.6. The van der Waals surface area contributed by atoms with Gasteiger partial charge < -0.3 is 30.1 Å². The number of amides is 3. The van der Waals surface area contributed by atoms with Crippen LogP contribution in [0.25, 0.3) is 0 Å². The molecule has 0 aromatic carbocycles. The Bertz CT molecular complexity index is 1440. The highest BCUT2D eigenvalue weighted by Gasteiger charge is 2.38. The van der Waals surface area contributed by atoms with Gasteiger partial charge in [0.05, 0.1) is 29.7 Å². The number of nitrogens with zero attached hydrogens (tertiary/aromatic N) is 7. The van der Waals surface area contributed by atoms with Gasteiger partial charge in [-0.25, -0.2) is 9.97 Å². The Balaban J connectivity index is 0.953. The van der Waals surface area contributed by atoms with Crippen LogP contribution in [0.3, 0.4) is 0 Å². The van der Waals surface area contributed by atoms with Gasteiger partial charge in [0.25, 0.3) is 5.91 Å². The predicted molar refractivity (Wildman–Crippen MR) is 184 cm³/mol. The number of piperazine rings is 1. The Morgan fingerprint density at radius 3 is 2.44 bits per heavy atom. The minimum Gasteiger partial charge on any atom is -0.370 e. The molecular weight excluding hydrogens is 610 g/mol. The first-order valence-electron chi connectivity index (χ1n) is 17.5. The smallest absolute Gasteiger partial charge is 0.256 e. The van der Waals surface area contributed by atoms with Gasteiger partial charge in [-0.1, -0.05) is 0 Å². The average molecular weight is 660 g/mol. The van der Waals surface area contributed by atoms with Crippen LogP contribution >= 0.6 is 0 Å². The van der Waals surface area contributed by atoms with E-state index in [-0.39, 0.29) is 24.8 Å². The molecule has 13 nitrogen and oxygen atoms in total. The van der Waals surface area contributed by atoms with E-state index < -0.39 is 6.04 Å². The maximum absolute atomic E-state index is 13.2. The minimum atomic E-state index is -0.683. The normalized spacial score (nSPS) is 22.0. The molecule has 4 aliphatic rings. The topological polar surface area (TPSA) is 134 Å². The lowest BCUT2D eigenvalue weighted by Gasteiger charge is -2.47. The Kier molecular flexibility index (Phi) is 10.9. The van der Waals surface area contributed by atoms with Crippen LogP contribution in [-0.4, -0.2) is 127 Å². The number of nitrogens with one attached hydrogen (secondary N) is 2. The van der Waals surface area contributed by atoms with Crippen LogP contribution in [0.4, 0.5) is 17.3 Å². The van der Waals surface area contributed by atoms with Gasteiger partial charge in [-0.3, -0.25) is 24.2 Å². The van der Waals surface area contributed by atoms with Gasteiger partial charge in [-0.2, -0.15) is 0 Å². The van der Waals surface area contributed by atoms with Crippen LogP contribution in [0, 0.1) is 5.92 Å². The highest BCUT2D eigenvalue weighted by molar-refractivity contribution is 6.00. The molecule has 6 heterocycles. The molecule has 3 amide bonds. The van der Waals surface area contributed by atoms with Crippen molar-refractivity contribution in [2.24, 2.45) is 5.92 Å². The van der Waals surface area contributed by atoms with Gasteiger partial charge in [0.2, 0.25) is 12.3 Å². The fraction of sp³-hybridized carbons (Fsp3) is 0.600. The average Bonchev–Trinajstić information content (AvgIpc) is 3.45. The molecule has 0 aliphatic carbocycles. The van der Waals surface area contributed by atoms with Crippen LogP contribution in [0.15, 0.2) is 30.5 Å². The molecular formula is C35H49N9O4. The lowest BCUT2D eigenvalue weighted by atomic mass is 9.94. The van der Waals surface area contributed by atoms with Crippen molar-refractivity contribution in [1.29, 1.82) is 0 Å². The molecule has 0 radical (unpaired) electrons. The third-order valence-corrected chi connectivity index (χ3v) is 10.8. The van der Waals surface area contributed by atoms with E-state index in [1.165, 1.54) is 12.8 Å². The first-order valence-corrected chi connectivity index (χ1v) is 17.5. The van der Waals surface area contributed by atoms with Gasteiger partial charge >= 0.3 is 0 Å². The third-order valence-electron chi connectivity index (χ3n) is 10.8. The Morgan fingerprint density at radius 2 is 1.77 bits per heavy atom. The fourth-order valence-corrected chi connectivity index (χ4v) is 7.95. The highest BCUT2D eigenvalue weighted by atomic mass is 16.2. The number of aldehydes is 1. The van der Waals surface area contributed by atoms with Crippen molar-refractivity contribution >= 4 is 41.8 Å². The number of piperidine rings is 2. The number of anilines is 3. The SMILES string of the molecule is CNC(=O)C(CCC=O)N1Cc2nc(N3CCC(N4CCN(CC5CCN(c6ccc(NC=O)nc6)CC5)C(C)C4)CC3)ccc2C1=O. The van der Waals surface area contributed by atoms with Gasteiger partial charge in [-0.05, 0) is 69.2 Å². The van der Waals surface area contributed by atoms with E-state index in [4.69, 9.17) is 4.98 Å². The maximum Gasteiger partial charge on any atom is 0.256 e. The van der Waals surface area contributed by atoms with Crippen LogP contribution in [-0.2, 0) is 20.9 Å². The predicted octanol–water partition coefficient (Wildman–Crippen LogP) is 1.99. The zero-order valence-corrected chi connectivity index (χ0v) is 28.2. The summed E-state index contributed by atoms with van der Waals surface area (Å²) in [5.74, 6) is 1.71. The fourth-order valence-electron chi connectivity index (χ4n) is 7.95. The van der Waals surface area contributed by atoms with Crippen molar-refractivity contribution in [3.05, 3.63) is 41.7 Å². The molecule has 48 heavy (non-hydrogen) atoms. The van der Waals surface area contributed by atoms with Gasteiger partial charge in [0.15, 0.2) is 0 Å². The quantitative estimate of drug-likeness (QED) is 0.326. The number of likely N-dealkylation sites (N-methyl/N-ethyl adjacent to an activating group) is 1. The van der Waals surface area contributed by atoms with Crippen LogP contribution in [0.5, 0.6) is 0 Å². The van der Waals surface area contributed by atoms with E-state index in [0.29, 0.717) is 47.9 Å². The first kappa shape index (κ1) is 33.8. The van der Waals surface area contributed by atoms with E-state index in [0.717, 1.165) is 83.0 Å². The van der Waals surface area contributed by atoms with E-state index in [2.05, 4.69) is 42.1 Å².